The molecule has 1 atom stereocenters. The van der Waals surface area contributed by atoms with Gasteiger partial charge >= 0.3 is 0 Å². The number of nitrogens with zero attached hydrogens (tertiary/aromatic N) is 1. The van der Waals surface area contributed by atoms with Crippen molar-refractivity contribution in [3.05, 3.63) is 59.2 Å². The van der Waals surface area contributed by atoms with E-state index in [1.54, 1.807) is 6.07 Å². The molecule has 0 unspecified atom stereocenters. The predicted molar refractivity (Wildman–Crippen MR) is 108 cm³/mol. The summed E-state index contributed by atoms with van der Waals surface area (Å²) in [6.07, 6.45) is 3.71. The van der Waals surface area contributed by atoms with Crippen molar-refractivity contribution in [2.75, 3.05) is 17.9 Å². The zero-order valence-electron chi connectivity index (χ0n) is 16.2. The van der Waals surface area contributed by atoms with Crippen LogP contribution in [0.1, 0.15) is 41.6 Å². The Morgan fingerprint density at radius 2 is 1.83 bits per heavy atom. The number of piperidine rings is 1. The molecule has 6 nitrogen and oxygen atoms in total. The van der Waals surface area contributed by atoms with Gasteiger partial charge in [-0.25, -0.2) is 17.2 Å². The van der Waals surface area contributed by atoms with E-state index >= 15 is 0 Å². The van der Waals surface area contributed by atoms with Crippen LogP contribution in [0.5, 0.6) is 5.75 Å². The number of fused-ring (bicyclic) bond motifs is 2. The topological polar surface area (TPSA) is 75.7 Å². The second kappa shape index (κ2) is 8.22. The smallest absolute Gasteiger partial charge is 0.257 e. The van der Waals surface area contributed by atoms with Crippen LogP contribution < -0.4 is 9.46 Å². The minimum atomic E-state index is -3.95. The highest BCUT2D eigenvalue weighted by Gasteiger charge is 2.31. The Labute approximate surface area is 173 Å². The fraction of sp³-hybridized carbons (Fsp3) is 0.381. The lowest BCUT2D eigenvalue weighted by molar-refractivity contribution is 0.0548. The van der Waals surface area contributed by atoms with E-state index < -0.39 is 27.4 Å². The Balaban J connectivity index is 1.58. The van der Waals surface area contributed by atoms with Crippen LogP contribution in [0.2, 0.25) is 0 Å². The average Bonchev–Trinajstić information content (AvgIpc) is 2.66. The zero-order chi connectivity index (χ0) is 21.3. The van der Waals surface area contributed by atoms with Crippen LogP contribution in [-0.2, 0) is 15.8 Å². The van der Waals surface area contributed by atoms with Crippen LogP contribution in [0.25, 0.3) is 0 Å². The van der Waals surface area contributed by atoms with Crippen molar-refractivity contribution >= 4 is 21.6 Å². The van der Waals surface area contributed by atoms with Crippen LogP contribution in [0.4, 0.5) is 14.5 Å². The third-order valence-corrected chi connectivity index (χ3v) is 6.62. The molecule has 1 saturated heterocycles. The molecule has 2 aromatic carbocycles. The Hall–Kier alpha value is -2.68. The molecule has 1 fully saturated rings. The first-order chi connectivity index (χ1) is 14.3. The van der Waals surface area contributed by atoms with E-state index in [4.69, 9.17) is 4.74 Å². The number of rotatable bonds is 4. The SMILES string of the molecule is O=C1c2cc(NS(=O)(=O)Cc3cc(F)cc(F)c3)ccc2OCC[C@H]2CCCCN12. The Morgan fingerprint density at radius 1 is 1.07 bits per heavy atom. The normalized spacial score (nSPS) is 19.2. The molecule has 2 aliphatic rings. The van der Waals surface area contributed by atoms with Gasteiger partial charge in [0.25, 0.3) is 5.91 Å². The molecule has 160 valence electrons. The van der Waals surface area contributed by atoms with Gasteiger partial charge in [0.05, 0.1) is 17.9 Å². The van der Waals surface area contributed by atoms with Crippen molar-refractivity contribution in [3.63, 3.8) is 0 Å². The molecule has 2 heterocycles. The fourth-order valence-corrected chi connectivity index (χ4v) is 5.21. The molecule has 0 aromatic heterocycles. The van der Waals surface area contributed by atoms with Gasteiger partial charge in [-0.3, -0.25) is 9.52 Å². The number of anilines is 1. The van der Waals surface area contributed by atoms with Gasteiger partial charge in [-0.1, -0.05) is 0 Å². The van der Waals surface area contributed by atoms with Crippen LogP contribution in [0.15, 0.2) is 36.4 Å². The van der Waals surface area contributed by atoms with Crippen molar-refractivity contribution in [3.8, 4) is 5.75 Å². The molecule has 30 heavy (non-hydrogen) atoms. The number of sulfonamides is 1. The number of benzene rings is 2. The Kier molecular flexibility index (Phi) is 5.64. The molecule has 4 rings (SSSR count). The molecule has 9 heteroatoms. The van der Waals surface area contributed by atoms with Crippen molar-refractivity contribution in [1.82, 2.24) is 4.90 Å². The van der Waals surface area contributed by atoms with Gasteiger partial charge in [0.2, 0.25) is 10.0 Å². The van der Waals surface area contributed by atoms with Crippen molar-refractivity contribution < 1.29 is 26.7 Å². The van der Waals surface area contributed by atoms with E-state index in [0.29, 0.717) is 30.5 Å². The highest BCUT2D eigenvalue weighted by Crippen LogP contribution is 2.31. The number of hydrogen-bond donors (Lipinski definition) is 1. The molecule has 1 N–H and O–H groups in total. The average molecular weight is 436 g/mol. The first-order valence-electron chi connectivity index (χ1n) is 9.84. The van der Waals surface area contributed by atoms with Crippen molar-refractivity contribution in [1.29, 1.82) is 0 Å². The molecule has 1 amide bonds. The van der Waals surface area contributed by atoms with Gasteiger partial charge < -0.3 is 9.64 Å². The second-order valence-corrected chi connectivity index (χ2v) is 9.36. The summed E-state index contributed by atoms with van der Waals surface area (Å²) in [5.74, 6) is -2.06. The summed E-state index contributed by atoms with van der Waals surface area (Å²) in [7, 11) is -3.95. The summed E-state index contributed by atoms with van der Waals surface area (Å²) in [4.78, 5) is 14.9. The van der Waals surface area contributed by atoms with Gasteiger partial charge in [-0.15, -0.1) is 0 Å². The molecule has 0 radical (unpaired) electrons. The standard InChI is InChI=1S/C21H22F2N2O4S/c22-15-9-14(10-16(23)11-15)13-30(27,28)24-17-4-5-20-19(12-17)21(26)25-7-2-1-3-18(25)6-8-29-20/h4-5,9-12,18,24H,1-3,6-8,13H2/t18-/m1/s1. The maximum atomic E-state index is 13.4. The van der Waals surface area contributed by atoms with Crippen LogP contribution in [-0.4, -0.2) is 38.4 Å². The van der Waals surface area contributed by atoms with Crippen LogP contribution in [0.3, 0.4) is 0 Å². The summed E-state index contributed by atoms with van der Waals surface area (Å²) >= 11 is 0. The number of carbonyl (C=O) groups excluding carboxylic acids is 1. The minimum Gasteiger partial charge on any atom is -0.493 e. The molecule has 2 aromatic rings. The fourth-order valence-electron chi connectivity index (χ4n) is 4.04. The first-order valence-corrected chi connectivity index (χ1v) is 11.5. The highest BCUT2D eigenvalue weighted by molar-refractivity contribution is 7.91. The number of halogens is 2. The Morgan fingerprint density at radius 3 is 2.60 bits per heavy atom. The lowest BCUT2D eigenvalue weighted by Crippen LogP contribution is -2.45. The third kappa shape index (κ3) is 4.56. The summed E-state index contributed by atoms with van der Waals surface area (Å²) in [5, 5.41) is 0. The summed E-state index contributed by atoms with van der Waals surface area (Å²) in [6, 6.07) is 7.27. The van der Waals surface area contributed by atoms with E-state index in [9.17, 15) is 22.0 Å². The van der Waals surface area contributed by atoms with E-state index in [0.717, 1.165) is 37.8 Å². The van der Waals surface area contributed by atoms with Gasteiger partial charge in [-0.2, -0.15) is 0 Å². The first kappa shape index (κ1) is 20.6. The van der Waals surface area contributed by atoms with Crippen LogP contribution in [0, 0.1) is 11.6 Å². The molecule has 0 saturated carbocycles. The van der Waals surface area contributed by atoms with E-state index in [2.05, 4.69) is 4.72 Å². The number of carbonyl (C=O) groups is 1. The van der Waals surface area contributed by atoms with Gasteiger partial charge in [0, 0.05) is 30.8 Å². The third-order valence-electron chi connectivity index (χ3n) is 5.36. The molecular formula is C21H22F2N2O4S. The monoisotopic (exact) mass is 436 g/mol. The van der Waals surface area contributed by atoms with E-state index in [-0.39, 0.29) is 23.2 Å². The van der Waals surface area contributed by atoms with Crippen LogP contribution >= 0.6 is 0 Å². The molecule has 0 bridgehead atoms. The van der Waals surface area contributed by atoms with Gasteiger partial charge in [0.15, 0.2) is 0 Å². The number of hydrogen-bond acceptors (Lipinski definition) is 4. The predicted octanol–water partition coefficient (Wildman–Crippen LogP) is 3.68. The maximum Gasteiger partial charge on any atom is 0.257 e. The molecular weight excluding hydrogens is 414 g/mol. The largest absolute Gasteiger partial charge is 0.493 e. The number of ether oxygens (including phenoxy) is 1. The Bertz CT molecular complexity index is 1050. The van der Waals surface area contributed by atoms with Crippen molar-refractivity contribution in [2.24, 2.45) is 0 Å². The lowest BCUT2D eigenvalue weighted by atomic mass is 9.97. The van der Waals surface area contributed by atoms with Gasteiger partial charge in [0.1, 0.15) is 17.4 Å². The summed E-state index contributed by atoms with van der Waals surface area (Å²) < 4.78 is 59.9. The van der Waals surface area contributed by atoms with E-state index in [1.807, 2.05) is 4.90 Å². The molecule has 2 aliphatic heterocycles. The minimum absolute atomic E-state index is 0.0122. The number of nitrogens with one attached hydrogen (secondary N) is 1. The molecule has 0 spiro atoms. The van der Waals surface area contributed by atoms with Gasteiger partial charge in [-0.05, 0) is 55.2 Å². The highest BCUT2D eigenvalue weighted by atomic mass is 32.2. The second-order valence-electron chi connectivity index (χ2n) is 7.64. The van der Waals surface area contributed by atoms with E-state index in [1.165, 1.54) is 12.1 Å². The summed E-state index contributed by atoms with van der Waals surface area (Å²) in [6.45, 7) is 1.15. The summed E-state index contributed by atoms with van der Waals surface area (Å²) in [5.41, 5.74) is 0.483. The number of amides is 1. The maximum absolute atomic E-state index is 13.4. The molecule has 0 aliphatic carbocycles. The van der Waals surface area contributed by atoms with Crippen molar-refractivity contribution in [2.45, 2.75) is 37.5 Å². The lowest BCUT2D eigenvalue weighted by Gasteiger charge is -2.37. The zero-order valence-corrected chi connectivity index (χ0v) is 17.1. The quantitative estimate of drug-likeness (QED) is 0.793.